The van der Waals surface area contributed by atoms with Gasteiger partial charge in [0.05, 0.1) is 5.56 Å². The largest absolute Gasteiger partial charge is 0.457 e. The second-order valence-electron chi connectivity index (χ2n) is 11.4. The first-order valence-corrected chi connectivity index (χ1v) is 14.4. The molecule has 2 aliphatic rings. The highest BCUT2D eigenvalue weighted by Gasteiger charge is 2.35. The van der Waals surface area contributed by atoms with E-state index >= 15 is 4.39 Å². The summed E-state index contributed by atoms with van der Waals surface area (Å²) in [6.45, 7) is 11.1. The summed E-state index contributed by atoms with van der Waals surface area (Å²) >= 11 is 0. The van der Waals surface area contributed by atoms with E-state index in [-0.39, 0.29) is 11.5 Å². The lowest BCUT2D eigenvalue weighted by atomic mass is 9.96. The van der Waals surface area contributed by atoms with Gasteiger partial charge >= 0.3 is 6.18 Å². The van der Waals surface area contributed by atoms with Crippen molar-refractivity contribution in [3.63, 3.8) is 0 Å². The SMILES string of the molecule is CC(C)(F)c1cc(CN2CCNCC2)ccc1Oc1ccc(Oc2ccc(CN3CCNCC3)cc2C(F)(F)F)cc1. The van der Waals surface area contributed by atoms with E-state index in [0.717, 1.165) is 64.5 Å². The van der Waals surface area contributed by atoms with Crippen LogP contribution in [0.3, 0.4) is 0 Å². The average Bonchev–Trinajstić information content (AvgIpc) is 2.96. The molecule has 0 spiro atoms. The summed E-state index contributed by atoms with van der Waals surface area (Å²) in [5.41, 5.74) is -0.417. The number of rotatable bonds is 9. The minimum Gasteiger partial charge on any atom is -0.457 e. The standard InChI is InChI=1S/C32H38F4N4O2/c1-31(2,33)27-19-23(21-39-15-11-37-12-16-39)3-9-29(27)41-25-5-7-26(8-6-25)42-30-10-4-24(20-28(30)32(34,35)36)22-40-17-13-38-14-18-40/h3-10,19-20,37-38H,11-18,21-22H2,1-2H3. The van der Waals surface area contributed by atoms with Gasteiger partial charge in [-0.3, -0.25) is 9.80 Å². The van der Waals surface area contributed by atoms with E-state index in [2.05, 4.69) is 20.4 Å². The number of piperazine rings is 2. The van der Waals surface area contributed by atoms with Crippen LogP contribution in [0, 0.1) is 0 Å². The molecule has 6 nitrogen and oxygen atoms in total. The van der Waals surface area contributed by atoms with Crippen LogP contribution in [0.25, 0.3) is 0 Å². The van der Waals surface area contributed by atoms with Crippen molar-refractivity contribution in [1.29, 1.82) is 0 Å². The summed E-state index contributed by atoms with van der Waals surface area (Å²) in [7, 11) is 0. The van der Waals surface area contributed by atoms with Crippen LogP contribution in [0.2, 0.25) is 0 Å². The van der Waals surface area contributed by atoms with Gasteiger partial charge in [0.25, 0.3) is 0 Å². The normalized spacial score (nSPS) is 17.3. The maximum Gasteiger partial charge on any atom is 0.419 e. The Morgan fingerprint density at radius 2 is 1.02 bits per heavy atom. The lowest BCUT2D eigenvalue weighted by Crippen LogP contribution is -2.42. The molecule has 0 saturated carbocycles. The minimum atomic E-state index is -4.57. The number of hydrogen-bond acceptors (Lipinski definition) is 6. The fourth-order valence-corrected chi connectivity index (χ4v) is 5.30. The third-order valence-electron chi connectivity index (χ3n) is 7.54. The molecule has 42 heavy (non-hydrogen) atoms. The Bertz CT molecular complexity index is 1230. The lowest BCUT2D eigenvalue weighted by molar-refractivity contribution is -0.138. The molecule has 3 aromatic rings. The molecule has 0 bridgehead atoms. The lowest BCUT2D eigenvalue weighted by Gasteiger charge is -2.28. The van der Waals surface area contributed by atoms with Gasteiger partial charge in [-0.25, -0.2) is 4.39 Å². The summed E-state index contributed by atoms with van der Waals surface area (Å²) < 4.78 is 68.8. The van der Waals surface area contributed by atoms with Gasteiger partial charge in [0.2, 0.25) is 0 Å². The molecule has 10 heteroatoms. The number of hydrogen-bond donors (Lipinski definition) is 2. The zero-order chi connectivity index (χ0) is 29.7. The Kier molecular flexibility index (Phi) is 9.37. The van der Waals surface area contributed by atoms with Crippen LogP contribution in [-0.4, -0.2) is 62.2 Å². The average molecular weight is 587 g/mol. The molecule has 0 radical (unpaired) electrons. The molecule has 0 aliphatic carbocycles. The minimum absolute atomic E-state index is 0.236. The fourth-order valence-electron chi connectivity index (χ4n) is 5.30. The van der Waals surface area contributed by atoms with E-state index in [1.165, 1.54) is 26.0 Å². The van der Waals surface area contributed by atoms with E-state index in [0.29, 0.717) is 29.2 Å². The van der Waals surface area contributed by atoms with Crippen molar-refractivity contribution in [2.24, 2.45) is 0 Å². The molecule has 2 fully saturated rings. The van der Waals surface area contributed by atoms with Crippen LogP contribution in [-0.2, 0) is 24.9 Å². The topological polar surface area (TPSA) is 49.0 Å². The number of benzene rings is 3. The summed E-state index contributed by atoms with van der Waals surface area (Å²) in [5, 5.41) is 6.58. The third-order valence-corrected chi connectivity index (χ3v) is 7.54. The van der Waals surface area contributed by atoms with Crippen molar-refractivity contribution in [1.82, 2.24) is 20.4 Å². The van der Waals surface area contributed by atoms with Crippen LogP contribution in [0.5, 0.6) is 23.0 Å². The Balaban J connectivity index is 1.29. The number of halogens is 4. The molecule has 2 aliphatic heterocycles. The van der Waals surface area contributed by atoms with Gasteiger partial charge in [-0.15, -0.1) is 0 Å². The van der Waals surface area contributed by atoms with Crippen LogP contribution in [0.1, 0.15) is 36.1 Å². The zero-order valence-electron chi connectivity index (χ0n) is 24.1. The van der Waals surface area contributed by atoms with Crippen molar-refractivity contribution < 1.29 is 27.0 Å². The molecule has 2 N–H and O–H groups in total. The Morgan fingerprint density at radius 1 is 0.619 bits per heavy atom. The van der Waals surface area contributed by atoms with Gasteiger partial charge in [0, 0.05) is 71.0 Å². The highest BCUT2D eigenvalue weighted by molar-refractivity contribution is 5.46. The van der Waals surface area contributed by atoms with Crippen molar-refractivity contribution in [3.8, 4) is 23.0 Å². The Labute approximate surface area is 244 Å². The first kappa shape index (κ1) is 30.3. The molecule has 3 aromatic carbocycles. The van der Waals surface area contributed by atoms with Gasteiger partial charge in [-0.1, -0.05) is 12.1 Å². The van der Waals surface area contributed by atoms with E-state index in [1.807, 2.05) is 12.1 Å². The van der Waals surface area contributed by atoms with Gasteiger partial charge < -0.3 is 20.1 Å². The maximum atomic E-state index is 15.2. The molecule has 2 saturated heterocycles. The number of nitrogens with one attached hydrogen (secondary N) is 2. The van der Waals surface area contributed by atoms with Gasteiger partial charge in [-0.05, 0) is 73.5 Å². The molecule has 226 valence electrons. The number of alkyl halides is 4. The van der Waals surface area contributed by atoms with Gasteiger partial charge in [-0.2, -0.15) is 13.2 Å². The first-order chi connectivity index (χ1) is 20.0. The smallest absolute Gasteiger partial charge is 0.419 e. The molecule has 2 heterocycles. The van der Waals surface area contributed by atoms with Crippen molar-refractivity contribution >= 4 is 0 Å². The third kappa shape index (κ3) is 8.01. The number of ether oxygens (including phenoxy) is 2. The second kappa shape index (κ2) is 13.0. The van der Waals surface area contributed by atoms with Crippen molar-refractivity contribution in [2.75, 3.05) is 52.4 Å². The zero-order valence-corrected chi connectivity index (χ0v) is 24.1. The van der Waals surface area contributed by atoms with Gasteiger partial charge in [0.1, 0.15) is 28.7 Å². The first-order valence-electron chi connectivity index (χ1n) is 14.4. The molecular formula is C32H38F4N4O2. The summed E-state index contributed by atoms with van der Waals surface area (Å²) in [6.07, 6.45) is -4.57. The molecule has 0 unspecified atom stereocenters. The summed E-state index contributed by atoms with van der Waals surface area (Å²) in [6, 6.07) is 16.1. The second-order valence-corrected chi connectivity index (χ2v) is 11.4. The van der Waals surface area contributed by atoms with E-state index in [9.17, 15) is 13.2 Å². The molecule has 0 aromatic heterocycles. The maximum absolute atomic E-state index is 15.2. The van der Waals surface area contributed by atoms with Crippen LogP contribution >= 0.6 is 0 Å². The molecule has 5 rings (SSSR count). The molecule has 0 atom stereocenters. The van der Waals surface area contributed by atoms with Gasteiger partial charge in [0.15, 0.2) is 0 Å². The molecule has 0 amide bonds. The quantitative estimate of drug-likeness (QED) is 0.287. The predicted molar refractivity (Wildman–Crippen MR) is 155 cm³/mol. The summed E-state index contributed by atoms with van der Waals surface area (Å²) in [4.78, 5) is 4.45. The van der Waals surface area contributed by atoms with Crippen LogP contribution in [0.15, 0.2) is 60.7 Å². The summed E-state index contributed by atoms with van der Waals surface area (Å²) in [5.74, 6) is 0.784. The predicted octanol–water partition coefficient (Wildman–Crippen LogP) is 6.31. The van der Waals surface area contributed by atoms with E-state index in [1.54, 1.807) is 36.4 Å². The fraction of sp³-hybridized carbons (Fsp3) is 0.438. The highest BCUT2D eigenvalue weighted by Crippen LogP contribution is 2.40. The van der Waals surface area contributed by atoms with E-state index < -0.39 is 17.4 Å². The monoisotopic (exact) mass is 586 g/mol. The molecular weight excluding hydrogens is 548 g/mol. The Morgan fingerprint density at radius 3 is 1.43 bits per heavy atom. The van der Waals surface area contributed by atoms with Crippen molar-refractivity contribution in [2.45, 2.75) is 38.8 Å². The highest BCUT2D eigenvalue weighted by atomic mass is 19.4. The van der Waals surface area contributed by atoms with E-state index in [4.69, 9.17) is 9.47 Å². The Hall–Kier alpha value is -3.18. The van der Waals surface area contributed by atoms with Crippen LogP contribution in [0.4, 0.5) is 17.6 Å². The van der Waals surface area contributed by atoms with Crippen LogP contribution < -0.4 is 20.1 Å². The number of nitrogens with zero attached hydrogens (tertiary/aromatic N) is 2. The van der Waals surface area contributed by atoms with Crippen molar-refractivity contribution in [3.05, 3.63) is 82.9 Å².